The van der Waals surface area contributed by atoms with Gasteiger partial charge in [0.25, 0.3) is 0 Å². The molecular formula is C24H16N2. The summed E-state index contributed by atoms with van der Waals surface area (Å²) in [6.45, 7) is 0. The molecule has 0 amide bonds. The van der Waals surface area contributed by atoms with Gasteiger partial charge in [0.2, 0.25) is 0 Å². The lowest BCUT2D eigenvalue weighted by Crippen LogP contribution is -2.22. The molecular weight excluding hydrogens is 316 g/mol. The molecule has 2 aliphatic rings. The smallest absolute Gasteiger partial charge is 0.0994 e. The minimum atomic E-state index is -0.224. The van der Waals surface area contributed by atoms with E-state index >= 15 is 0 Å². The van der Waals surface area contributed by atoms with Crippen LogP contribution in [0.25, 0.3) is 16.3 Å². The van der Waals surface area contributed by atoms with Gasteiger partial charge in [-0.15, -0.1) is 0 Å². The van der Waals surface area contributed by atoms with Gasteiger partial charge >= 0.3 is 0 Å². The van der Waals surface area contributed by atoms with Gasteiger partial charge in [-0.05, 0) is 45.4 Å². The number of nitriles is 2. The molecule has 0 N–H and O–H groups in total. The van der Waals surface area contributed by atoms with E-state index in [1.807, 2.05) is 30.3 Å². The lowest BCUT2D eigenvalue weighted by atomic mass is 9.70. The molecule has 3 aromatic carbocycles. The minimum Gasteiger partial charge on any atom is -0.198 e. The Morgan fingerprint density at radius 1 is 0.846 bits per heavy atom. The zero-order chi connectivity index (χ0) is 17.7. The Kier molecular flexibility index (Phi) is 3.21. The largest absolute Gasteiger partial charge is 0.198 e. The number of nitrogens with zero attached hydrogens (tertiary/aromatic N) is 2. The fraction of sp³-hybridized carbons (Fsp3) is 0.167. The predicted octanol–water partition coefficient (Wildman–Crippen LogP) is 5.32. The number of hydrogen-bond acceptors (Lipinski definition) is 2. The van der Waals surface area contributed by atoms with Crippen molar-refractivity contribution in [1.29, 1.82) is 10.5 Å². The zero-order valence-electron chi connectivity index (χ0n) is 14.2. The van der Waals surface area contributed by atoms with Gasteiger partial charge in [0, 0.05) is 5.92 Å². The quantitative estimate of drug-likeness (QED) is 0.605. The molecule has 0 radical (unpaired) electrons. The molecule has 0 heterocycles. The second-order valence-electron chi connectivity index (χ2n) is 7.14. The topological polar surface area (TPSA) is 47.6 Å². The standard InChI is InChI=1S/C24H16N2/c25-13-17-12-22(23(14-26)19-9-2-1-8-18(17)19)21-11-16-7-3-5-15-6-4-10-20(21)24(15)16/h1-10,12,21-23H,11H2/t21-,22-,23-/m0/s1. The van der Waals surface area contributed by atoms with E-state index < -0.39 is 0 Å². The third-order valence-corrected chi connectivity index (χ3v) is 5.92. The van der Waals surface area contributed by atoms with Crippen LogP contribution in [0.3, 0.4) is 0 Å². The monoisotopic (exact) mass is 332 g/mol. The van der Waals surface area contributed by atoms with E-state index in [4.69, 9.17) is 0 Å². The summed E-state index contributed by atoms with van der Waals surface area (Å²) in [6, 6.07) is 25.7. The molecule has 0 aromatic heterocycles. The van der Waals surface area contributed by atoms with Gasteiger partial charge in [0.1, 0.15) is 0 Å². The molecule has 0 saturated heterocycles. The van der Waals surface area contributed by atoms with Crippen molar-refractivity contribution in [2.45, 2.75) is 18.3 Å². The third kappa shape index (κ3) is 1.97. The highest BCUT2D eigenvalue weighted by Gasteiger charge is 2.38. The molecule has 26 heavy (non-hydrogen) atoms. The van der Waals surface area contributed by atoms with Gasteiger partial charge in [0.05, 0.1) is 23.6 Å². The molecule has 0 spiro atoms. The average Bonchev–Trinajstić information content (AvgIpc) is 3.07. The van der Waals surface area contributed by atoms with Crippen molar-refractivity contribution in [3.63, 3.8) is 0 Å². The Hall–Kier alpha value is -3.36. The highest BCUT2D eigenvalue weighted by atomic mass is 14.4. The third-order valence-electron chi connectivity index (χ3n) is 5.92. The van der Waals surface area contributed by atoms with Crippen LogP contribution >= 0.6 is 0 Å². The van der Waals surface area contributed by atoms with Gasteiger partial charge in [-0.1, -0.05) is 66.7 Å². The van der Waals surface area contributed by atoms with Crippen LogP contribution in [0.5, 0.6) is 0 Å². The van der Waals surface area contributed by atoms with Crippen LogP contribution in [0, 0.1) is 28.6 Å². The van der Waals surface area contributed by atoms with E-state index in [2.05, 4.69) is 48.5 Å². The fourth-order valence-electron chi connectivity index (χ4n) is 4.82. The van der Waals surface area contributed by atoms with E-state index in [9.17, 15) is 10.5 Å². The molecule has 0 unspecified atom stereocenters. The average molecular weight is 332 g/mol. The van der Waals surface area contributed by atoms with Crippen LogP contribution < -0.4 is 0 Å². The summed E-state index contributed by atoms with van der Waals surface area (Å²) in [7, 11) is 0. The van der Waals surface area contributed by atoms with E-state index in [0.29, 0.717) is 5.57 Å². The molecule has 5 rings (SSSR count). The highest BCUT2D eigenvalue weighted by molar-refractivity contribution is 5.92. The minimum absolute atomic E-state index is 0.0163. The Bertz CT molecular complexity index is 1150. The molecule has 0 bridgehead atoms. The normalized spacial score (nSPS) is 23.0. The lowest BCUT2D eigenvalue weighted by molar-refractivity contribution is 0.476. The SMILES string of the molecule is N#CC1=C[C@@H]([C@H]2Cc3cccc4cccc2c34)[C@@H](C#N)c2ccccc21. The summed E-state index contributed by atoms with van der Waals surface area (Å²) >= 11 is 0. The Labute approximate surface area is 152 Å². The lowest BCUT2D eigenvalue weighted by Gasteiger charge is -2.31. The van der Waals surface area contributed by atoms with Crippen molar-refractivity contribution in [2.24, 2.45) is 5.92 Å². The summed E-state index contributed by atoms with van der Waals surface area (Å²) in [6.07, 6.45) is 2.97. The van der Waals surface area contributed by atoms with Gasteiger partial charge in [0.15, 0.2) is 0 Å². The number of allylic oxidation sites excluding steroid dienone is 2. The first-order chi connectivity index (χ1) is 12.8. The highest BCUT2D eigenvalue weighted by Crippen LogP contribution is 2.50. The van der Waals surface area contributed by atoms with Crippen molar-refractivity contribution < 1.29 is 0 Å². The van der Waals surface area contributed by atoms with Crippen molar-refractivity contribution >= 4 is 16.3 Å². The maximum atomic E-state index is 9.98. The molecule has 122 valence electrons. The summed E-state index contributed by atoms with van der Waals surface area (Å²) in [5, 5.41) is 22.3. The van der Waals surface area contributed by atoms with Crippen LogP contribution in [0.4, 0.5) is 0 Å². The summed E-state index contributed by atoms with van der Waals surface area (Å²) < 4.78 is 0. The van der Waals surface area contributed by atoms with Crippen LogP contribution in [-0.4, -0.2) is 0 Å². The van der Waals surface area contributed by atoms with E-state index in [1.54, 1.807) is 0 Å². The van der Waals surface area contributed by atoms with Crippen LogP contribution in [-0.2, 0) is 6.42 Å². The van der Waals surface area contributed by atoms with E-state index in [0.717, 1.165) is 17.5 Å². The number of hydrogen-bond donors (Lipinski definition) is 0. The number of benzene rings is 3. The molecule has 0 saturated carbocycles. The molecule has 0 fully saturated rings. The molecule has 3 aromatic rings. The van der Waals surface area contributed by atoms with Crippen molar-refractivity contribution in [2.75, 3.05) is 0 Å². The van der Waals surface area contributed by atoms with Gasteiger partial charge < -0.3 is 0 Å². The zero-order valence-corrected chi connectivity index (χ0v) is 14.2. The second-order valence-corrected chi connectivity index (χ2v) is 7.14. The number of rotatable bonds is 1. The molecule has 3 atom stereocenters. The van der Waals surface area contributed by atoms with E-state index in [1.165, 1.54) is 21.9 Å². The first-order valence-electron chi connectivity index (χ1n) is 8.93. The van der Waals surface area contributed by atoms with Crippen LogP contribution in [0.15, 0.2) is 66.7 Å². The van der Waals surface area contributed by atoms with E-state index in [-0.39, 0.29) is 17.8 Å². The molecule has 2 nitrogen and oxygen atoms in total. The Morgan fingerprint density at radius 2 is 1.62 bits per heavy atom. The first kappa shape index (κ1) is 14.9. The second kappa shape index (κ2) is 5.58. The van der Waals surface area contributed by atoms with Gasteiger partial charge in [-0.3, -0.25) is 0 Å². The summed E-state index contributed by atoms with van der Waals surface area (Å²) in [5.74, 6) is 0.0258. The van der Waals surface area contributed by atoms with Crippen molar-refractivity contribution in [3.8, 4) is 12.1 Å². The molecule has 2 heteroatoms. The van der Waals surface area contributed by atoms with Crippen LogP contribution in [0.2, 0.25) is 0 Å². The molecule has 0 aliphatic heterocycles. The maximum absolute atomic E-state index is 9.98. The van der Waals surface area contributed by atoms with Crippen molar-refractivity contribution in [3.05, 3.63) is 89.0 Å². The summed E-state index contributed by atoms with van der Waals surface area (Å²) in [4.78, 5) is 0. The molecule has 2 aliphatic carbocycles. The van der Waals surface area contributed by atoms with Crippen molar-refractivity contribution in [1.82, 2.24) is 0 Å². The van der Waals surface area contributed by atoms with Crippen LogP contribution in [0.1, 0.15) is 34.1 Å². The first-order valence-corrected chi connectivity index (χ1v) is 8.93. The predicted molar refractivity (Wildman–Crippen MR) is 102 cm³/mol. The summed E-state index contributed by atoms with van der Waals surface area (Å²) in [5.41, 5.74) is 5.26. The Morgan fingerprint density at radius 3 is 2.42 bits per heavy atom. The van der Waals surface area contributed by atoms with Gasteiger partial charge in [-0.25, -0.2) is 0 Å². The Balaban J connectivity index is 1.70. The fourth-order valence-corrected chi connectivity index (χ4v) is 4.82. The number of fused-ring (bicyclic) bond motifs is 1. The van der Waals surface area contributed by atoms with Gasteiger partial charge in [-0.2, -0.15) is 10.5 Å². The maximum Gasteiger partial charge on any atom is 0.0994 e.